The summed E-state index contributed by atoms with van der Waals surface area (Å²) in [6.45, 7) is -0.0216. The van der Waals surface area contributed by atoms with Gasteiger partial charge in [-0.1, -0.05) is 47.0 Å². The van der Waals surface area contributed by atoms with Crippen LogP contribution in [0.15, 0.2) is 60.8 Å². The third-order valence-corrected chi connectivity index (χ3v) is 6.47. The Morgan fingerprint density at radius 2 is 1.81 bits per heavy atom. The van der Waals surface area contributed by atoms with E-state index in [2.05, 4.69) is 20.5 Å². The van der Waals surface area contributed by atoms with Crippen molar-refractivity contribution >= 4 is 44.1 Å². The van der Waals surface area contributed by atoms with Crippen molar-refractivity contribution in [1.29, 1.82) is 0 Å². The summed E-state index contributed by atoms with van der Waals surface area (Å²) in [5, 5.41) is 11.8. The molecule has 0 aliphatic rings. The zero-order chi connectivity index (χ0) is 26.4. The highest BCUT2D eigenvalue weighted by Gasteiger charge is 2.20. The maximum atomic E-state index is 13.2. The average molecular weight is 561 g/mol. The molecule has 0 aliphatic heterocycles. The molecule has 10 nitrogen and oxygen atoms in total. The third-order valence-electron chi connectivity index (χ3n) is 4.93. The Bertz CT molecular complexity index is 1510. The molecular formula is C24H21ClN4O6S2. The second-order valence-corrected chi connectivity index (χ2v) is 10.7. The lowest BCUT2D eigenvalue weighted by atomic mass is 9.99. The van der Waals surface area contributed by atoms with E-state index in [1.165, 1.54) is 13.3 Å². The van der Waals surface area contributed by atoms with E-state index in [1.54, 1.807) is 42.5 Å². The van der Waals surface area contributed by atoms with Crippen molar-refractivity contribution < 1.29 is 26.9 Å². The van der Waals surface area contributed by atoms with Crippen LogP contribution in [0, 0.1) is 0 Å². The Morgan fingerprint density at radius 3 is 2.54 bits per heavy atom. The number of nitrogens with one attached hydrogen (secondary N) is 1. The standard InChI is InChI=1S/C24H21ClN4O6S2/c1-33-21-6-4-3-5-18(21)19-11-17(14-35-37(2,31)32)26-12-20(19)22(30)27-23-28-29-24(36-23)34-13-15-7-9-16(25)10-8-15/h3-12H,13-14H2,1-2H3,(H,27,28,30). The second-order valence-electron chi connectivity index (χ2n) is 7.63. The number of ether oxygens (including phenoxy) is 2. The minimum atomic E-state index is -3.68. The van der Waals surface area contributed by atoms with Crippen LogP contribution < -0.4 is 14.8 Å². The maximum absolute atomic E-state index is 13.2. The molecule has 0 spiro atoms. The molecule has 37 heavy (non-hydrogen) atoms. The molecule has 0 unspecified atom stereocenters. The normalized spacial score (nSPS) is 11.2. The third kappa shape index (κ3) is 7.23. The van der Waals surface area contributed by atoms with Gasteiger partial charge in [-0.05, 0) is 41.2 Å². The lowest BCUT2D eigenvalue weighted by molar-refractivity contribution is 0.102. The summed E-state index contributed by atoms with van der Waals surface area (Å²) in [6, 6.07) is 15.9. The number of halogens is 1. The van der Waals surface area contributed by atoms with E-state index in [9.17, 15) is 13.2 Å². The van der Waals surface area contributed by atoms with Crippen LogP contribution in [-0.2, 0) is 27.5 Å². The van der Waals surface area contributed by atoms with Crippen molar-refractivity contribution in [3.63, 3.8) is 0 Å². The minimum absolute atomic E-state index is 0.214. The molecule has 0 bridgehead atoms. The minimum Gasteiger partial charge on any atom is -0.496 e. The first-order chi connectivity index (χ1) is 17.7. The van der Waals surface area contributed by atoms with E-state index in [0.29, 0.717) is 27.6 Å². The van der Waals surface area contributed by atoms with Gasteiger partial charge in [0.25, 0.3) is 21.2 Å². The Hall–Kier alpha value is -3.58. The fourth-order valence-corrected chi connectivity index (χ4v) is 4.28. The molecule has 4 rings (SSSR count). The van der Waals surface area contributed by atoms with Crippen LogP contribution in [0.1, 0.15) is 21.6 Å². The average Bonchev–Trinajstić information content (AvgIpc) is 3.33. The smallest absolute Gasteiger partial charge is 0.296 e. The topological polar surface area (TPSA) is 130 Å². The Labute approximate surface area is 222 Å². The van der Waals surface area contributed by atoms with Gasteiger partial charge in [-0.2, -0.15) is 8.42 Å². The first-order valence-corrected chi connectivity index (χ1v) is 13.7. The number of pyridine rings is 1. The van der Waals surface area contributed by atoms with Gasteiger partial charge in [0.2, 0.25) is 5.13 Å². The fourth-order valence-electron chi connectivity index (χ4n) is 3.22. The van der Waals surface area contributed by atoms with Gasteiger partial charge in [-0.15, -0.1) is 5.10 Å². The Balaban J connectivity index is 1.55. The van der Waals surface area contributed by atoms with Crippen molar-refractivity contribution in [3.8, 4) is 22.1 Å². The molecule has 1 amide bonds. The van der Waals surface area contributed by atoms with Crippen molar-refractivity contribution in [1.82, 2.24) is 15.2 Å². The van der Waals surface area contributed by atoms with Gasteiger partial charge in [-0.25, -0.2) is 0 Å². The molecule has 2 aromatic carbocycles. The van der Waals surface area contributed by atoms with E-state index in [0.717, 1.165) is 23.2 Å². The van der Waals surface area contributed by atoms with Crippen molar-refractivity contribution in [2.24, 2.45) is 0 Å². The molecule has 2 heterocycles. The number of hydrogen-bond donors (Lipinski definition) is 1. The summed E-state index contributed by atoms with van der Waals surface area (Å²) in [5.41, 5.74) is 2.52. The van der Waals surface area contributed by atoms with Crippen LogP contribution >= 0.6 is 22.9 Å². The van der Waals surface area contributed by atoms with Crippen molar-refractivity contribution in [2.75, 3.05) is 18.7 Å². The summed E-state index contributed by atoms with van der Waals surface area (Å²) in [4.78, 5) is 17.4. The number of aromatic nitrogens is 3. The van der Waals surface area contributed by atoms with Crippen LogP contribution in [0.4, 0.5) is 5.13 Å². The molecule has 0 fully saturated rings. The van der Waals surface area contributed by atoms with E-state index >= 15 is 0 Å². The van der Waals surface area contributed by atoms with Gasteiger partial charge in [0.15, 0.2) is 0 Å². The molecule has 0 saturated carbocycles. The molecule has 1 N–H and O–H groups in total. The van der Waals surface area contributed by atoms with Gasteiger partial charge in [-0.3, -0.25) is 19.3 Å². The monoisotopic (exact) mass is 560 g/mol. The lowest BCUT2D eigenvalue weighted by Crippen LogP contribution is -2.14. The molecule has 0 aliphatic carbocycles. The lowest BCUT2D eigenvalue weighted by Gasteiger charge is -2.14. The largest absolute Gasteiger partial charge is 0.496 e. The van der Waals surface area contributed by atoms with Crippen LogP contribution in [0.5, 0.6) is 10.9 Å². The van der Waals surface area contributed by atoms with E-state index in [4.69, 9.17) is 25.3 Å². The molecule has 192 valence electrons. The number of carbonyl (C=O) groups is 1. The number of anilines is 1. The summed E-state index contributed by atoms with van der Waals surface area (Å²) >= 11 is 6.96. The highest BCUT2D eigenvalue weighted by atomic mass is 35.5. The summed E-state index contributed by atoms with van der Waals surface area (Å²) in [5.74, 6) is 0.0240. The van der Waals surface area contributed by atoms with Gasteiger partial charge in [0.1, 0.15) is 19.0 Å². The number of methoxy groups -OCH3 is 1. The quantitative estimate of drug-likeness (QED) is 0.277. The number of para-hydroxylation sites is 1. The van der Waals surface area contributed by atoms with Crippen LogP contribution in [-0.4, -0.2) is 42.9 Å². The maximum Gasteiger partial charge on any atom is 0.296 e. The predicted molar refractivity (Wildman–Crippen MR) is 140 cm³/mol. The second kappa shape index (κ2) is 11.6. The van der Waals surface area contributed by atoms with Crippen LogP contribution in [0.3, 0.4) is 0 Å². The first-order valence-electron chi connectivity index (χ1n) is 10.7. The molecular weight excluding hydrogens is 540 g/mol. The molecule has 4 aromatic rings. The van der Waals surface area contributed by atoms with Crippen molar-refractivity contribution in [3.05, 3.63) is 82.6 Å². The number of hydrogen-bond acceptors (Lipinski definition) is 10. The summed E-state index contributed by atoms with van der Waals surface area (Å²) < 4.78 is 38.8. The molecule has 2 aromatic heterocycles. The zero-order valence-corrected chi connectivity index (χ0v) is 22.1. The predicted octanol–water partition coefficient (Wildman–Crippen LogP) is 4.57. The van der Waals surface area contributed by atoms with Gasteiger partial charge in [0, 0.05) is 22.3 Å². The number of rotatable bonds is 10. The van der Waals surface area contributed by atoms with E-state index < -0.39 is 16.0 Å². The van der Waals surface area contributed by atoms with Crippen LogP contribution in [0.2, 0.25) is 5.02 Å². The summed E-state index contributed by atoms with van der Waals surface area (Å²) in [6.07, 6.45) is 2.29. The SMILES string of the molecule is COc1ccccc1-c1cc(COS(C)(=O)=O)ncc1C(=O)Nc1nnc(OCc2ccc(Cl)cc2)s1. The van der Waals surface area contributed by atoms with E-state index in [-0.39, 0.29) is 29.1 Å². The molecule has 0 atom stereocenters. The number of benzene rings is 2. The Kier molecular flexibility index (Phi) is 8.34. The highest BCUT2D eigenvalue weighted by molar-refractivity contribution is 7.85. The van der Waals surface area contributed by atoms with Gasteiger partial charge in [0.05, 0.1) is 24.6 Å². The molecule has 0 saturated heterocycles. The molecule has 13 heteroatoms. The fraction of sp³-hybridized carbons (Fsp3) is 0.167. The van der Waals surface area contributed by atoms with E-state index in [1.807, 2.05) is 12.1 Å². The van der Waals surface area contributed by atoms with Crippen LogP contribution in [0.25, 0.3) is 11.1 Å². The Morgan fingerprint density at radius 1 is 1.05 bits per heavy atom. The summed E-state index contributed by atoms with van der Waals surface area (Å²) in [7, 11) is -2.16. The molecule has 0 radical (unpaired) electrons. The number of amides is 1. The zero-order valence-electron chi connectivity index (χ0n) is 19.7. The first kappa shape index (κ1) is 26.5. The van der Waals surface area contributed by atoms with Gasteiger partial charge < -0.3 is 9.47 Å². The number of nitrogens with zero attached hydrogens (tertiary/aromatic N) is 3. The van der Waals surface area contributed by atoms with Gasteiger partial charge >= 0.3 is 0 Å². The van der Waals surface area contributed by atoms with Crippen molar-refractivity contribution in [2.45, 2.75) is 13.2 Å². The number of carbonyl (C=O) groups excluding carboxylic acids is 1. The highest BCUT2D eigenvalue weighted by Crippen LogP contribution is 2.33.